The third-order valence-electron chi connectivity index (χ3n) is 1.80. The Morgan fingerprint density at radius 3 is 2.75 bits per heavy atom. The average Bonchev–Trinajstić information content (AvgIpc) is 2.84. The molecule has 0 saturated heterocycles. The molecule has 0 saturated carbocycles. The Morgan fingerprint density at radius 2 is 2.05 bits per heavy atom. The van der Waals surface area contributed by atoms with Crippen LogP contribution in [-0.4, -0.2) is 32.9 Å². The number of alkyl halides is 3. The molecular formula is C9H5F3N6S2. The van der Waals surface area contributed by atoms with E-state index in [9.17, 15) is 13.2 Å². The first-order chi connectivity index (χ1) is 9.48. The topological polar surface area (TPSA) is 87.4 Å². The van der Waals surface area contributed by atoms with E-state index in [0.717, 1.165) is 23.1 Å². The predicted octanol–water partition coefficient (Wildman–Crippen LogP) is 2.33. The van der Waals surface area contributed by atoms with Gasteiger partial charge in [0.15, 0.2) is 10.0 Å². The van der Waals surface area contributed by atoms with Crippen LogP contribution in [0.1, 0.15) is 5.69 Å². The second-order valence-corrected chi connectivity index (χ2v) is 5.48. The molecule has 2 rings (SSSR count). The second-order valence-electron chi connectivity index (χ2n) is 3.27. The Balaban J connectivity index is 2.05. The highest BCUT2D eigenvalue weighted by Gasteiger charge is 2.27. The number of anilines is 1. The molecule has 0 radical (unpaired) electrons. The molecule has 2 heterocycles. The predicted molar refractivity (Wildman–Crippen MR) is 65.3 cm³/mol. The van der Waals surface area contributed by atoms with Crippen molar-refractivity contribution in [2.45, 2.75) is 15.5 Å². The molecule has 0 aromatic carbocycles. The molecule has 1 N–H and O–H groups in total. The van der Waals surface area contributed by atoms with Crippen molar-refractivity contribution in [1.29, 1.82) is 5.26 Å². The molecule has 2 aromatic heterocycles. The van der Waals surface area contributed by atoms with Gasteiger partial charge in [-0.25, -0.2) is 9.97 Å². The largest absolute Gasteiger partial charge is 0.405 e. The van der Waals surface area contributed by atoms with Crippen LogP contribution in [-0.2, 0) is 0 Å². The van der Waals surface area contributed by atoms with Crippen LogP contribution in [0.4, 0.5) is 18.3 Å². The molecule has 20 heavy (non-hydrogen) atoms. The van der Waals surface area contributed by atoms with Crippen molar-refractivity contribution in [2.24, 2.45) is 0 Å². The molecule has 104 valence electrons. The van der Waals surface area contributed by atoms with Gasteiger partial charge in [-0.3, -0.25) is 0 Å². The van der Waals surface area contributed by atoms with Crippen LogP contribution < -0.4 is 5.32 Å². The van der Waals surface area contributed by atoms with Crippen molar-refractivity contribution in [3.05, 3.63) is 18.1 Å². The van der Waals surface area contributed by atoms with Crippen LogP contribution in [0.2, 0.25) is 0 Å². The van der Waals surface area contributed by atoms with Gasteiger partial charge in [0.1, 0.15) is 17.6 Å². The minimum Gasteiger partial charge on any atom is -0.351 e. The van der Waals surface area contributed by atoms with Crippen molar-refractivity contribution in [3.63, 3.8) is 0 Å². The van der Waals surface area contributed by atoms with Gasteiger partial charge in [-0.2, -0.15) is 18.4 Å². The third-order valence-corrected chi connectivity index (χ3v) is 3.73. The van der Waals surface area contributed by atoms with Crippen LogP contribution in [0.25, 0.3) is 0 Å². The number of nitrogens with one attached hydrogen (secondary N) is 1. The molecule has 0 spiro atoms. The second kappa shape index (κ2) is 6.02. The van der Waals surface area contributed by atoms with E-state index in [-0.39, 0.29) is 10.8 Å². The Bertz CT molecular complexity index is 635. The summed E-state index contributed by atoms with van der Waals surface area (Å²) < 4.78 is 36.5. The van der Waals surface area contributed by atoms with Gasteiger partial charge in [0.2, 0.25) is 5.13 Å². The fourth-order valence-electron chi connectivity index (χ4n) is 1.06. The van der Waals surface area contributed by atoms with Gasteiger partial charge in [-0.15, -0.1) is 10.2 Å². The number of nitrogens with zero attached hydrogens (tertiary/aromatic N) is 5. The van der Waals surface area contributed by atoms with E-state index in [1.54, 1.807) is 0 Å². The van der Waals surface area contributed by atoms with E-state index in [2.05, 4.69) is 25.5 Å². The Kier molecular flexibility index (Phi) is 4.35. The maximum Gasteiger partial charge on any atom is 0.405 e. The first-order valence-corrected chi connectivity index (χ1v) is 6.64. The molecule has 0 aliphatic rings. The number of nitriles is 1. The third kappa shape index (κ3) is 4.04. The van der Waals surface area contributed by atoms with E-state index in [0.29, 0.717) is 9.37 Å². The summed E-state index contributed by atoms with van der Waals surface area (Å²) in [6.07, 6.45) is -1.54. The van der Waals surface area contributed by atoms with Gasteiger partial charge in [-0.1, -0.05) is 11.3 Å². The maximum atomic E-state index is 12.0. The highest BCUT2D eigenvalue weighted by atomic mass is 32.2. The summed E-state index contributed by atoms with van der Waals surface area (Å²) in [7, 11) is 0. The summed E-state index contributed by atoms with van der Waals surface area (Å²) in [6, 6.07) is 1.87. The molecule has 0 aliphatic carbocycles. The summed E-state index contributed by atoms with van der Waals surface area (Å²) in [6.45, 7) is -1.18. The highest BCUT2D eigenvalue weighted by molar-refractivity contribution is 8.01. The van der Waals surface area contributed by atoms with Crippen molar-refractivity contribution in [1.82, 2.24) is 20.2 Å². The molecule has 0 bridgehead atoms. The zero-order valence-corrected chi connectivity index (χ0v) is 11.2. The molecule has 0 aliphatic heterocycles. The molecule has 0 amide bonds. The number of hydrogen-bond acceptors (Lipinski definition) is 8. The Labute approximate surface area is 119 Å². The molecule has 0 fully saturated rings. The lowest BCUT2D eigenvalue weighted by Gasteiger charge is -2.05. The van der Waals surface area contributed by atoms with Crippen molar-refractivity contribution < 1.29 is 13.2 Å². The average molecular weight is 318 g/mol. The highest BCUT2D eigenvalue weighted by Crippen LogP contribution is 2.32. The number of aromatic nitrogens is 4. The minimum absolute atomic E-state index is 0.0484. The molecule has 0 atom stereocenters. The van der Waals surface area contributed by atoms with Gasteiger partial charge in [0, 0.05) is 12.4 Å². The first kappa shape index (κ1) is 14.5. The summed E-state index contributed by atoms with van der Waals surface area (Å²) in [5.74, 6) is 0. The van der Waals surface area contributed by atoms with E-state index in [1.165, 1.54) is 12.4 Å². The normalized spacial score (nSPS) is 11.1. The Morgan fingerprint density at radius 1 is 1.30 bits per heavy atom. The SMILES string of the molecule is N#Cc1nccnc1Sc1nnc(NCC(F)(F)F)s1. The van der Waals surface area contributed by atoms with Gasteiger partial charge in [0.25, 0.3) is 0 Å². The Hall–Kier alpha value is -1.93. The lowest BCUT2D eigenvalue weighted by Crippen LogP contribution is -2.21. The number of halogens is 3. The summed E-state index contributed by atoms with van der Waals surface area (Å²) in [5, 5.41) is 18.6. The number of hydrogen-bond donors (Lipinski definition) is 1. The molecule has 0 unspecified atom stereocenters. The minimum atomic E-state index is -4.32. The van der Waals surface area contributed by atoms with Crippen molar-refractivity contribution in [3.8, 4) is 6.07 Å². The van der Waals surface area contributed by atoms with Gasteiger partial charge >= 0.3 is 6.18 Å². The summed E-state index contributed by atoms with van der Waals surface area (Å²) in [4.78, 5) is 7.77. The quantitative estimate of drug-likeness (QED) is 0.925. The lowest BCUT2D eigenvalue weighted by molar-refractivity contribution is -0.115. The van der Waals surface area contributed by atoms with E-state index < -0.39 is 12.7 Å². The fourth-order valence-corrected chi connectivity index (χ4v) is 2.73. The van der Waals surface area contributed by atoms with Gasteiger partial charge in [0.05, 0.1) is 0 Å². The lowest BCUT2D eigenvalue weighted by atomic mass is 10.5. The smallest absolute Gasteiger partial charge is 0.351 e. The van der Waals surface area contributed by atoms with Crippen LogP contribution in [0.5, 0.6) is 0 Å². The zero-order chi connectivity index (χ0) is 14.6. The first-order valence-electron chi connectivity index (χ1n) is 5.01. The monoisotopic (exact) mass is 318 g/mol. The van der Waals surface area contributed by atoms with Gasteiger partial charge in [-0.05, 0) is 11.8 Å². The van der Waals surface area contributed by atoms with E-state index in [1.807, 2.05) is 6.07 Å². The van der Waals surface area contributed by atoms with Gasteiger partial charge < -0.3 is 5.32 Å². The van der Waals surface area contributed by atoms with E-state index in [4.69, 9.17) is 5.26 Å². The van der Waals surface area contributed by atoms with Crippen LogP contribution in [0, 0.1) is 11.3 Å². The number of rotatable bonds is 4. The van der Waals surface area contributed by atoms with Crippen molar-refractivity contribution in [2.75, 3.05) is 11.9 Å². The molecular weight excluding hydrogens is 313 g/mol. The summed E-state index contributed by atoms with van der Waals surface area (Å²) in [5.41, 5.74) is 0.123. The maximum absolute atomic E-state index is 12.0. The fraction of sp³-hybridized carbons (Fsp3) is 0.222. The molecule has 6 nitrogen and oxygen atoms in total. The van der Waals surface area contributed by atoms with Crippen molar-refractivity contribution >= 4 is 28.2 Å². The van der Waals surface area contributed by atoms with Crippen LogP contribution >= 0.6 is 23.1 Å². The van der Waals surface area contributed by atoms with E-state index >= 15 is 0 Å². The standard InChI is InChI=1S/C9H5F3N6S2/c10-9(11,12)4-16-7-17-18-8(20-7)19-6-5(3-13)14-1-2-15-6/h1-2H,4H2,(H,16,17). The zero-order valence-electron chi connectivity index (χ0n) is 9.55. The molecule has 2 aromatic rings. The summed E-state index contributed by atoms with van der Waals surface area (Å²) >= 11 is 1.96. The molecule has 11 heteroatoms. The van der Waals surface area contributed by atoms with Crippen LogP contribution in [0.15, 0.2) is 21.8 Å². The van der Waals surface area contributed by atoms with Crippen LogP contribution in [0.3, 0.4) is 0 Å².